The van der Waals surface area contributed by atoms with E-state index < -0.39 is 23.8 Å². The summed E-state index contributed by atoms with van der Waals surface area (Å²) in [5.74, 6) is 0. The molecule has 0 saturated heterocycles. The molecule has 4 N–H and O–H groups in total. The molecule has 0 aliphatic rings. The fourth-order valence-electron chi connectivity index (χ4n) is 3.28. The van der Waals surface area contributed by atoms with Crippen LogP contribution in [0, 0.1) is 0 Å². The van der Waals surface area contributed by atoms with Crippen molar-refractivity contribution in [3.63, 3.8) is 0 Å². The Morgan fingerprint density at radius 1 is 1.15 bits per heavy atom. The van der Waals surface area contributed by atoms with Crippen LogP contribution in [0.1, 0.15) is 31.9 Å². The largest absolute Gasteiger partial charge is 0.443 e. The first kappa shape index (κ1) is 24.4. The first-order chi connectivity index (χ1) is 15.7. The van der Waals surface area contributed by atoms with E-state index in [1.165, 1.54) is 6.33 Å². The van der Waals surface area contributed by atoms with Gasteiger partial charge in [-0.2, -0.15) is 5.10 Å². The second kappa shape index (κ2) is 11.0. The predicted molar refractivity (Wildman–Crippen MR) is 125 cm³/mol. The van der Waals surface area contributed by atoms with Gasteiger partial charge in [0.05, 0.1) is 11.8 Å². The summed E-state index contributed by atoms with van der Waals surface area (Å²) in [6.45, 7) is 5.88. The third-order valence-electron chi connectivity index (χ3n) is 4.86. The lowest BCUT2D eigenvalue weighted by atomic mass is 10.0. The second-order valence-electron chi connectivity index (χ2n) is 8.92. The molecule has 3 rings (SSSR count). The minimum atomic E-state index is -0.866. The number of carbonyl (C=O) groups is 1. The van der Waals surface area contributed by atoms with Gasteiger partial charge >= 0.3 is 6.09 Å². The molecule has 0 radical (unpaired) electrons. The highest BCUT2D eigenvalue weighted by molar-refractivity contribution is 5.67. The highest BCUT2D eigenvalue weighted by Crippen LogP contribution is 2.12. The summed E-state index contributed by atoms with van der Waals surface area (Å²) in [6, 6.07) is 16.9. The second-order valence-corrected chi connectivity index (χ2v) is 8.92. The van der Waals surface area contributed by atoms with Crippen molar-refractivity contribution in [2.75, 3.05) is 6.54 Å². The number of amides is 1. The van der Waals surface area contributed by atoms with Crippen LogP contribution in [-0.4, -0.2) is 55.3 Å². The van der Waals surface area contributed by atoms with Crippen LogP contribution < -0.4 is 11.2 Å². The minimum absolute atomic E-state index is 0.137. The number of benzene rings is 2. The number of carbonyl (C=O) groups excluding carboxylic acids is 1. The van der Waals surface area contributed by atoms with Gasteiger partial charge in [0.25, 0.3) is 0 Å². The van der Waals surface area contributed by atoms with E-state index in [4.69, 9.17) is 10.5 Å². The highest BCUT2D eigenvalue weighted by atomic mass is 16.6. The summed E-state index contributed by atoms with van der Waals surface area (Å²) in [6.07, 6.45) is 2.16. The molecule has 0 saturated carbocycles. The van der Waals surface area contributed by atoms with Crippen molar-refractivity contribution in [3.05, 3.63) is 78.4 Å². The molecule has 0 spiro atoms. The van der Waals surface area contributed by atoms with Gasteiger partial charge in [0.1, 0.15) is 18.3 Å². The topological polar surface area (TPSA) is 119 Å². The van der Waals surface area contributed by atoms with E-state index >= 15 is 0 Å². The average Bonchev–Trinajstić information content (AvgIpc) is 3.28. The molecule has 0 bridgehead atoms. The Labute approximate surface area is 194 Å². The van der Waals surface area contributed by atoms with Crippen LogP contribution in [0.15, 0.2) is 67.3 Å². The maximum absolute atomic E-state index is 12.4. The van der Waals surface area contributed by atoms with Gasteiger partial charge in [-0.1, -0.05) is 42.5 Å². The van der Waals surface area contributed by atoms with E-state index in [9.17, 15) is 9.90 Å². The Morgan fingerprint density at radius 3 is 2.45 bits per heavy atom. The number of aliphatic hydroxyl groups excluding tert-OH is 1. The number of aliphatic hydroxyl groups is 1. The van der Waals surface area contributed by atoms with Crippen molar-refractivity contribution < 1.29 is 14.6 Å². The van der Waals surface area contributed by atoms with E-state index in [1.54, 1.807) is 36.8 Å². The molecule has 9 nitrogen and oxygen atoms in total. The number of rotatable bonds is 9. The van der Waals surface area contributed by atoms with Crippen molar-refractivity contribution >= 4 is 6.09 Å². The normalized spacial score (nSPS) is 13.5. The summed E-state index contributed by atoms with van der Waals surface area (Å²) in [7, 11) is 0. The van der Waals surface area contributed by atoms with Crippen molar-refractivity contribution in [1.29, 1.82) is 0 Å². The van der Waals surface area contributed by atoms with Crippen LogP contribution in [-0.2, 0) is 17.7 Å². The van der Waals surface area contributed by atoms with Gasteiger partial charge in [0.2, 0.25) is 0 Å². The molecule has 2 atom stereocenters. The zero-order valence-electron chi connectivity index (χ0n) is 19.3. The lowest BCUT2D eigenvalue weighted by Gasteiger charge is -2.29. The fraction of sp³-hybridized carbons (Fsp3) is 0.375. The van der Waals surface area contributed by atoms with Gasteiger partial charge in [-0.3, -0.25) is 5.43 Å². The van der Waals surface area contributed by atoms with Crippen molar-refractivity contribution in [2.45, 2.75) is 51.5 Å². The molecular formula is C24H32N6O3. The standard InChI is InChI=1S/C24H32N6O3/c1-24(2,3)33-23(32)28-29(15-22(31)21(25)13-18-7-5-4-6-8-18)14-19-9-11-20(12-10-19)30-17-26-16-27-30/h4-12,16-17,21-22,31H,13-15,25H2,1-3H3,(H,28,32). The fourth-order valence-corrected chi connectivity index (χ4v) is 3.28. The van der Waals surface area contributed by atoms with Crippen LogP contribution in [0.5, 0.6) is 0 Å². The number of hydrazine groups is 1. The molecule has 0 aliphatic carbocycles. The average molecular weight is 453 g/mol. The SMILES string of the molecule is CC(C)(C)OC(=O)NN(Cc1ccc(-n2cncn2)cc1)CC(O)C(N)Cc1ccccc1. The van der Waals surface area contributed by atoms with E-state index in [0.29, 0.717) is 13.0 Å². The van der Waals surface area contributed by atoms with Crippen molar-refractivity contribution in [3.8, 4) is 5.69 Å². The first-order valence-corrected chi connectivity index (χ1v) is 10.9. The van der Waals surface area contributed by atoms with Crippen LogP contribution >= 0.6 is 0 Å². The summed E-state index contributed by atoms with van der Waals surface area (Å²) in [5, 5.41) is 16.5. The van der Waals surface area contributed by atoms with Crippen LogP contribution in [0.2, 0.25) is 0 Å². The first-order valence-electron chi connectivity index (χ1n) is 10.9. The highest BCUT2D eigenvalue weighted by Gasteiger charge is 2.23. The molecule has 1 heterocycles. The van der Waals surface area contributed by atoms with E-state index in [0.717, 1.165) is 16.8 Å². The van der Waals surface area contributed by atoms with Gasteiger partial charge in [0.15, 0.2) is 0 Å². The maximum Gasteiger partial charge on any atom is 0.422 e. The van der Waals surface area contributed by atoms with E-state index in [1.807, 2.05) is 54.6 Å². The number of nitrogens with two attached hydrogens (primary N) is 1. The molecule has 1 amide bonds. The summed E-state index contributed by atoms with van der Waals surface area (Å²) in [4.78, 5) is 16.4. The van der Waals surface area contributed by atoms with Crippen LogP contribution in [0.25, 0.3) is 5.69 Å². The monoisotopic (exact) mass is 452 g/mol. The maximum atomic E-state index is 12.4. The Bertz CT molecular complexity index is 987. The smallest absolute Gasteiger partial charge is 0.422 e. The summed E-state index contributed by atoms with van der Waals surface area (Å²) < 4.78 is 7.05. The molecule has 3 aromatic rings. The molecule has 0 aliphatic heterocycles. The molecule has 0 fully saturated rings. The zero-order chi connectivity index (χ0) is 23.8. The molecular weight excluding hydrogens is 420 g/mol. The molecule has 2 unspecified atom stereocenters. The van der Waals surface area contributed by atoms with Gasteiger partial charge in [-0.15, -0.1) is 0 Å². The number of ether oxygens (including phenoxy) is 1. The Hall–Kier alpha value is -3.27. The summed E-state index contributed by atoms with van der Waals surface area (Å²) in [5.41, 5.74) is 11.2. The predicted octanol–water partition coefficient (Wildman–Crippen LogP) is 2.44. The number of hydrogen-bond acceptors (Lipinski definition) is 7. The summed E-state index contributed by atoms with van der Waals surface area (Å²) >= 11 is 0. The molecule has 2 aromatic carbocycles. The third-order valence-corrected chi connectivity index (χ3v) is 4.86. The number of nitrogens with zero attached hydrogens (tertiary/aromatic N) is 4. The van der Waals surface area contributed by atoms with Gasteiger partial charge < -0.3 is 15.6 Å². The number of nitrogens with one attached hydrogen (secondary N) is 1. The minimum Gasteiger partial charge on any atom is -0.443 e. The van der Waals surface area contributed by atoms with Gasteiger partial charge in [-0.25, -0.2) is 19.5 Å². The van der Waals surface area contributed by atoms with Gasteiger partial charge in [0, 0.05) is 19.1 Å². The van der Waals surface area contributed by atoms with Crippen LogP contribution in [0.3, 0.4) is 0 Å². The Kier molecular flexibility index (Phi) is 8.16. The van der Waals surface area contributed by atoms with Crippen molar-refractivity contribution in [2.24, 2.45) is 5.73 Å². The number of hydrogen-bond donors (Lipinski definition) is 3. The Morgan fingerprint density at radius 2 is 1.85 bits per heavy atom. The molecule has 9 heteroatoms. The van der Waals surface area contributed by atoms with Crippen molar-refractivity contribution in [1.82, 2.24) is 25.2 Å². The van der Waals surface area contributed by atoms with Gasteiger partial charge in [-0.05, 0) is 50.5 Å². The molecule has 33 heavy (non-hydrogen) atoms. The Balaban J connectivity index is 1.67. The van der Waals surface area contributed by atoms with E-state index in [2.05, 4.69) is 15.5 Å². The zero-order valence-corrected chi connectivity index (χ0v) is 19.3. The quantitative estimate of drug-likeness (QED) is 0.427. The lowest BCUT2D eigenvalue weighted by Crippen LogP contribution is -2.51. The van der Waals surface area contributed by atoms with E-state index in [-0.39, 0.29) is 6.54 Å². The van der Waals surface area contributed by atoms with Crippen LogP contribution in [0.4, 0.5) is 4.79 Å². The lowest BCUT2D eigenvalue weighted by molar-refractivity contribution is 0.0171. The third kappa shape index (κ3) is 7.98. The molecule has 176 valence electrons. The number of aromatic nitrogens is 3. The molecule has 1 aromatic heterocycles.